The molecule has 1 fully saturated rings. The number of carboxylic acids is 1. The van der Waals surface area contributed by atoms with Crippen molar-refractivity contribution in [1.29, 1.82) is 0 Å². The minimum absolute atomic E-state index is 0.0576. The third-order valence-electron chi connectivity index (χ3n) is 3.56. The Morgan fingerprint density at radius 1 is 1.41 bits per heavy atom. The van der Waals surface area contributed by atoms with Gasteiger partial charge in [-0.3, -0.25) is 4.99 Å². The Bertz CT molecular complexity index is 720. The number of allylic oxidation sites excluding steroid dienone is 3. The van der Waals surface area contributed by atoms with Crippen LogP contribution in [0.5, 0.6) is 0 Å². The van der Waals surface area contributed by atoms with Gasteiger partial charge in [-0.25, -0.2) is 9.18 Å². The minimum atomic E-state index is -1.06. The monoisotopic (exact) mass is 365 g/mol. The van der Waals surface area contributed by atoms with Gasteiger partial charge in [0.25, 0.3) is 0 Å². The van der Waals surface area contributed by atoms with Gasteiger partial charge in [-0.1, -0.05) is 12.2 Å². The summed E-state index contributed by atoms with van der Waals surface area (Å²) >= 11 is 3.16. The second-order valence-electron chi connectivity index (χ2n) is 5.11. The molecule has 6 heteroatoms. The first kappa shape index (κ1) is 15.1. The molecule has 0 bridgehead atoms. The molecule has 4 nitrogen and oxygen atoms in total. The number of benzene rings is 1. The molecule has 2 aliphatic rings. The lowest BCUT2D eigenvalue weighted by atomic mass is 9.93. The average molecular weight is 366 g/mol. The van der Waals surface area contributed by atoms with Gasteiger partial charge in [-0.05, 0) is 46.1 Å². The second-order valence-corrected chi connectivity index (χ2v) is 5.96. The molecule has 114 valence electrons. The van der Waals surface area contributed by atoms with Crippen molar-refractivity contribution in [3.63, 3.8) is 0 Å². The van der Waals surface area contributed by atoms with Crippen LogP contribution < -0.4 is 0 Å². The minimum Gasteiger partial charge on any atom is -0.478 e. The molecular weight excluding hydrogens is 353 g/mol. The van der Waals surface area contributed by atoms with Gasteiger partial charge in [-0.2, -0.15) is 0 Å². The van der Waals surface area contributed by atoms with Gasteiger partial charge in [0.2, 0.25) is 0 Å². The van der Waals surface area contributed by atoms with E-state index in [1.165, 1.54) is 12.1 Å². The first-order valence-electron chi connectivity index (χ1n) is 6.80. The first-order chi connectivity index (χ1) is 10.6. The summed E-state index contributed by atoms with van der Waals surface area (Å²) < 4.78 is 19.2. The van der Waals surface area contributed by atoms with E-state index in [2.05, 4.69) is 20.9 Å². The van der Waals surface area contributed by atoms with Gasteiger partial charge < -0.3 is 9.84 Å². The van der Waals surface area contributed by atoms with Gasteiger partial charge in [0.15, 0.2) is 0 Å². The Balaban J connectivity index is 2.20. The Kier molecular flexibility index (Phi) is 4.22. The topological polar surface area (TPSA) is 58.9 Å². The SMILES string of the molecule is O=C(O)/C1=C/C=C/Cc2cc(F)c(Br)cc2C1=NC1COC1. The molecule has 0 spiro atoms. The number of rotatable bonds is 2. The van der Waals surface area contributed by atoms with Crippen LogP contribution in [-0.4, -0.2) is 36.0 Å². The first-order valence-corrected chi connectivity index (χ1v) is 7.60. The van der Waals surface area contributed by atoms with E-state index in [4.69, 9.17) is 4.74 Å². The smallest absolute Gasteiger partial charge is 0.337 e. The molecule has 0 saturated carbocycles. The molecular formula is C16H13BrFNO3. The molecule has 1 N–H and O–H groups in total. The van der Waals surface area contributed by atoms with Crippen molar-refractivity contribution < 1.29 is 19.0 Å². The van der Waals surface area contributed by atoms with E-state index >= 15 is 0 Å². The maximum Gasteiger partial charge on any atom is 0.337 e. The van der Waals surface area contributed by atoms with E-state index in [-0.39, 0.29) is 21.9 Å². The predicted molar refractivity (Wildman–Crippen MR) is 83.8 cm³/mol. The number of hydrogen-bond donors (Lipinski definition) is 1. The Morgan fingerprint density at radius 2 is 2.18 bits per heavy atom. The van der Waals surface area contributed by atoms with E-state index in [0.717, 1.165) is 0 Å². The summed E-state index contributed by atoms with van der Waals surface area (Å²) in [5.41, 5.74) is 1.82. The number of carbonyl (C=O) groups is 1. The summed E-state index contributed by atoms with van der Waals surface area (Å²) in [7, 11) is 0. The Hall–Kier alpha value is -1.79. The van der Waals surface area contributed by atoms with Crippen LogP contribution in [0.4, 0.5) is 4.39 Å². The highest BCUT2D eigenvalue weighted by Crippen LogP contribution is 2.26. The Morgan fingerprint density at radius 3 is 2.82 bits per heavy atom. The van der Waals surface area contributed by atoms with Crippen molar-refractivity contribution in [2.24, 2.45) is 4.99 Å². The summed E-state index contributed by atoms with van der Waals surface area (Å²) in [6, 6.07) is 2.96. The molecule has 0 amide bonds. The van der Waals surface area contributed by atoms with Crippen LogP contribution in [0.1, 0.15) is 11.1 Å². The Labute approximate surface area is 135 Å². The van der Waals surface area contributed by atoms with E-state index in [1.54, 1.807) is 18.2 Å². The van der Waals surface area contributed by atoms with Crippen molar-refractivity contribution in [3.8, 4) is 0 Å². The maximum atomic E-state index is 13.8. The molecule has 3 rings (SSSR count). The van der Waals surface area contributed by atoms with E-state index < -0.39 is 5.97 Å². The summed E-state index contributed by atoms with van der Waals surface area (Å²) in [5, 5.41) is 9.48. The number of ether oxygens (including phenoxy) is 1. The average Bonchev–Trinajstić information content (AvgIpc) is 2.40. The van der Waals surface area contributed by atoms with Crippen molar-refractivity contribution in [1.82, 2.24) is 0 Å². The molecule has 1 heterocycles. The highest BCUT2D eigenvalue weighted by molar-refractivity contribution is 9.10. The fourth-order valence-corrected chi connectivity index (χ4v) is 2.70. The predicted octanol–water partition coefficient (Wildman–Crippen LogP) is 2.90. The third kappa shape index (κ3) is 2.89. The molecule has 1 aliphatic carbocycles. The van der Waals surface area contributed by atoms with Crippen LogP contribution in [0, 0.1) is 5.82 Å². The zero-order chi connectivity index (χ0) is 15.7. The van der Waals surface area contributed by atoms with Crippen LogP contribution in [-0.2, 0) is 16.0 Å². The van der Waals surface area contributed by atoms with Gasteiger partial charge in [-0.15, -0.1) is 0 Å². The van der Waals surface area contributed by atoms with Gasteiger partial charge in [0, 0.05) is 5.56 Å². The molecule has 0 unspecified atom stereocenters. The molecule has 1 aromatic carbocycles. The van der Waals surface area contributed by atoms with Crippen molar-refractivity contribution in [3.05, 3.63) is 57.4 Å². The summed E-state index contributed by atoms with van der Waals surface area (Å²) in [5.74, 6) is -1.43. The van der Waals surface area contributed by atoms with Crippen LogP contribution >= 0.6 is 15.9 Å². The largest absolute Gasteiger partial charge is 0.478 e. The normalized spacial score (nSPS) is 23.7. The molecule has 1 aromatic rings. The standard InChI is InChI=1S/C16H13BrFNO3/c17-13-6-12-9(5-14(13)18)3-1-2-4-11(16(20)21)15(12)19-10-7-22-8-10/h1-2,4-6,10H,3,7-8H2,(H,20,21)/b2-1+,11-4+,19-15?. The van der Waals surface area contributed by atoms with Crippen LogP contribution in [0.2, 0.25) is 0 Å². The fourth-order valence-electron chi connectivity index (χ4n) is 2.35. The number of carboxylic acid groups (broad SMARTS) is 1. The lowest BCUT2D eigenvalue weighted by molar-refractivity contribution is -0.132. The van der Waals surface area contributed by atoms with Gasteiger partial charge >= 0.3 is 5.97 Å². The molecule has 0 radical (unpaired) electrons. The zero-order valence-corrected chi connectivity index (χ0v) is 13.1. The lowest BCUT2D eigenvalue weighted by Gasteiger charge is -2.24. The number of hydrogen-bond acceptors (Lipinski definition) is 3. The van der Waals surface area contributed by atoms with Gasteiger partial charge in [0.1, 0.15) is 5.82 Å². The maximum absolute atomic E-state index is 13.8. The number of nitrogens with zero attached hydrogens (tertiary/aromatic N) is 1. The second kappa shape index (κ2) is 6.14. The fraction of sp³-hybridized carbons (Fsp3) is 0.250. The van der Waals surface area contributed by atoms with E-state index in [0.29, 0.717) is 36.5 Å². The van der Waals surface area contributed by atoms with Crippen LogP contribution in [0.3, 0.4) is 0 Å². The van der Waals surface area contributed by atoms with Gasteiger partial charge in [0.05, 0.1) is 35.0 Å². The van der Waals surface area contributed by atoms with E-state index in [9.17, 15) is 14.3 Å². The van der Waals surface area contributed by atoms with Crippen molar-refractivity contribution >= 4 is 27.6 Å². The third-order valence-corrected chi connectivity index (χ3v) is 4.16. The lowest BCUT2D eigenvalue weighted by Crippen LogP contribution is -2.33. The number of aliphatic imine (C=N–C) groups is 1. The number of fused-ring (bicyclic) bond motifs is 1. The molecule has 1 aliphatic heterocycles. The molecule has 0 aromatic heterocycles. The highest BCUT2D eigenvalue weighted by atomic mass is 79.9. The van der Waals surface area contributed by atoms with E-state index in [1.807, 2.05) is 0 Å². The van der Waals surface area contributed by atoms with Crippen molar-refractivity contribution in [2.45, 2.75) is 12.5 Å². The molecule has 22 heavy (non-hydrogen) atoms. The zero-order valence-electron chi connectivity index (χ0n) is 11.6. The molecule has 0 atom stereocenters. The quantitative estimate of drug-likeness (QED) is 0.876. The summed E-state index contributed by atoms with van der Waals surface area (Å²) in [6.07, 6.45) is 5.52. The number of halogens is 2. The van der Waals surface area contributed by atoms with Crippen LogP contribution in [0.15, 0.2) is 45.4 Å². The highest BCUT2D eigenvalue weighted by Gasteiger charge is 2.25. The summed E-state index contributed by atoms with van der Waals surface area (Å²) in [6.45, 7) is 0.952. The number of aliphatic carboxylic acids is 1. The van der Waals surface area contributed by atoms with Crippen molar-refractivity contribution in [2.75, 3.05) is 13.2 Å². The molecule has 1 saturated heterocycles. The van der Waals surface area contributed by atoms with Crippen LogP contribution in [0.25, 0.3) is 0 Å². The summed E-state index contributed by atoms with van der Waals surface area (Å²) in [4.78, 5) is 16.1.